The zero-order chi connectivity index (χ0) is 44.2. The number of hydrogen-bond donors (Lipinski definition) is 1. The van der Waals surface area contributed by atoms with Gasteiger partial charge in [-0.25, -0.2) is 0 Å². The van der Waals surface area contributed by atoms with Gasteiger partial charge in [0, 0.05) is 26.1 Å². The fourth-order valence-electron chi connectivity index (χ4n) is 9.66. The molecule has 1 aliphatic heterocycles. The number of morpholine rings is 1. The van der Waals surface area contributed by atoms with Crippen LogP contribution in [0.25, 0.3) is 0 Å². The third-order valence-electron chi connectivity index (χ3n) is 12.8. The van der Waals surface area contributed by atoms with Crippen LogP contribution >= 0.6 is 23.2 Å². The van der Waals surface area contributed by atoms with Crippen molar-refractivity contribution < 1.29 is 19.4 Å². The Morgan fingerprint density at radius 2 is 0.953 bits per heavy atom. The molecule has 7 aromatic rings. The van der Waals surface area contributed by atoms with E-state index in [0.29, 0.717) is 34.7 Å². The SMILES string of the molecule is O=C1N(CC2CCCCC2)CCO[C@]1(CCO)c1ccc(Cl)c(Cl)c1.c1ccc(C(OC(c2ccccc2)(c2ccccc2)c2ccccc2)(c2ccccc2)c2ccccc2)cc1. The Bertz CT molecular complexity index is 2200. The molecule has 0 radical (unpaired) electrons. The molecule has 2 aliphatic rings. The molecule has 1 amide bonds. The summed E-state index contributed by atoms with van der Waals surface area (Å²) in [5.74, 6) is 0.494. The summed E-state index contributed by atoms with van der Waals surface area (Å²) in [6.45, 7) is 1.70. The first-order valence-electron chi connectivity index (χ1n) is 22.4. The average Bonchev–Trinajstić information content (AvgIpc) is 3.36. The van der Waals surface area contributed by atoms with Crippen LogP contribution in [-0.4, -0.2) is 42.2 Å². The molecule has 326 valence electrons. The topological polar surface area (TPSA) is 59.0 Å². The van der Waals surface area contributed by atoms with E-state index in [9.17, 15) is 9.90 Å². The number of aliphatic hydroxyl groups excluding tert-OH is 1. The predicted octanol–water partition coefficient (Wildman–Crippen LogP) is 13.0. The van der Waals surface area contributed by atoms with Crippen LogP contribution in [0.4, 0.5) is 0 Å². The number of carbonyl (C=O) groups excluding carboxylic acids is 1. The van der Waals surface area contributed by atoms with E-state index >= 15 is 0 Å². The van der Waals surface area contributed by atoms with Crippen molar-refractivity contribution in [1.82, 2.24) is 4.90 Å². The van der Waals surface area contributed by atoms with Gasteiger partial charge >= 0.3 is 0 Å². The smallest absolute Gasteiger partial charge is 0.259 e. The second-order valence-corrected chi connectivity index (χ2v) is 17.5. The maximum atomic E-state index is 13.3. The summed E-state index contributed by atoms with van der Waals surface area (Å²) < 4.78 is 13.9. The van der Waals surface area contributed by atoms with Crippen LogP contribution in [0.2, 0.25) is 10.0 Å². The first-order valence-corrected chi connectivity index (χ1v) is 23.2. The summed E-state index contributed by atoms with van der Waals surface area (Å²) in [7, 11) is 0. The normalized spacial score (nSPS) is 17.0. The van der Waals surface area contributed by atoms with Crippen molar-refractivity contribution in [2.24, 2.45) is 5.92 Å². The lowest BCUT2D eigenvalue weighted by atomic mass is 9.75. The van der Waals surface area contributed by atoms with Crippen LogP contribution in [0.3, 0.4) is 0 Å². The van der Waals surface area contributed by atoms with Crippen molar-refractivity contribution in [1.29, 1.82) is 0 Å². The van der Waals surface area contributed by atoms with Crippen molar-refractivity contribution in [2.75, 3.05) is 26.3 Å². The second kappa shape index (κ2) is 21.0. The van der Waals surface area contributed by atoms with E-state index < -0.39 is 16.8 Å². The monoisotopic (exact) mass is 887 g/mol. The minimum absolute atomic E-state index is 0.0724. The third-order valence-corrected chi connectivity index (χ3v) is 13.5. The highest BCUT2D eigenvalue weighted by Gasteiger charge is 2.49. The van der Waals surface area contributed by atoms with Crippen LogP contribution in [0, 0.1) is 5.92 Å². The number of aliphatic hydroxyl groups is 1. The molecule has 0 unspecified atom stereocenters. The van der Waals surface area contributed by atoms with E-state index in [2.05, 4.69) is 182 Å². The molecule has 64 heavy (non-hydrogen) atoms. The summed E-state index contributed by atoms with van der Waals surface area (Å²) in [5, 5.41) is 10.4. The molecule has 1 N–H and O–H groups in total. The lowest BCUT2D eigenvalue weighted by molar-refractivity contribution is -0.178. The van der Waals surface area contributed by atoms with Crippen molar-refractivity contribution in [3.63, 3.8) is 0 Å². The Labute approximate surface area is 388 Å². The molecule has 0 bridgehead atoms. The lowest BCUT2D eigenvalue weighted by Crippen LogP contribution is -2.56. The van der Waals surface area contributed by atoms with Gasteiger partial charge in [-0.05, 0) is 69.8 Å². The number of amides is 1. The van der Waals surface area contributed by atoms with Crippen LogP contribution < -0.4 is 0 Å². The standard InChI is InChI=1S/C38H30O.C19H25Cl2NO3/c1-7-19-31(20-8-1)37(32-21-9-2-10-22-32,33-23-11-3-12-24-33)39-38(34-25-13-4-14-26-34,35-27-15-5-16-28-35)36-29-17-6-18-30-36;20-16-7-6-15(12-17(16)21)19(8-10-23)18(24)22(9-11-25-19)13-14-4-2-1-3-5-14/h1-30H;6-7,12,14,23H,1-5,8-11,13H2/t;19-/m.1/s1. The summed E-state index contributed by atoms with van der Waals surface area (Å²) in [6.07, 6.45) is 6.38. The molecular formula is C57H55Cl2NO4. The molecule has 7 aromatic carbocycles. The molecule has 7 heteroatoms. The highest BCUT2D eigenvalue weighted by Crippen LogP contribution is 2.51. The predicted molar refractivity (Wildman–Crippen MR) is 258 cm³/mol. The minimum atomic E-state index is -1.17. The molecule has 5 nitrogen and oxygen atoms in total. The highest BCUT2D eigenvalue weighted by atomic mass is 35.5. The fourth-order valence-corrected chi connectivity index (χ4v) is 9.96. The van der Waals surface area contributed by atoms with E-state index in [1.54, 1.807) is 18.2 Å². The minimum Gasteiger partial charge on any atom is -0.396 e. The molecular weight excluding hydrogens is 834 g/mol. The van der Waals surface area contributed by atoms with E-state index in [1.165, 1.54) is 32.1 Å². The van der Waals surface area contributed by atoms with Gasteiger partial charge in [0.15, 0.2) is 5.60 Å². The summed E-state index contributed by atoms with van der Waals surface area (Å²) in [5.41, 5.74) is 4.03. The Hall–Kier alpha value is -5.53. The highest BCUT2D eigenvalue weighted by molar-refractivity contribution is 6.42. The van der Waals surface area contributed by atoms with E-state index in [4.69, 9.17) is 32.7 Å². The van der Waals surface area contributed by atoms with Crippen LogP contribution in [0.1, 0.15) is 77.5 Å². The number of rotatable bonds is 13. The number of ether oxygens (including phenoxy) is 2. The molecule has 9 rings (SSSR count). The average molecular weight is 889 g/mol. The van der Waals surface area contributed by atoms with Gasteiger partial charge in [0.2, 0.25) is 0 Å². The molecule has 1 saturated carbocycles. The molecule has 1 atom stereocenters. The quantitative estimate of drug-likeness (QED) is 0.117. The van der Waals surface area contributed by atoms with E-state index in [-0.39, 0.29) is 18.9 Å². The first kappa shape index (κ1) is 45.1. The molecule has 1 heterocycles. The van der Waals surface area contributed by atoms with Crippen LogP contribution in [-0.2, 0) is 31.1 Å². The Morgan fingerprint density at radius 1 is 0.562 bits per heavy atom. The molecule has 1 saturated heterocycles. The Kier molecular flexibility index (Phi) is 14.8. The van der Waals surface area contributed by atoms with Crippen molar-refractivity contribution in [2.45, 2.75) is 55.3 Å². The largest absolute Gasteiger partial charge is 0.396 e. The van der Waals surface area contributed by atoms with E-state index in [0.717, 1.165) is 39.9 Å². The molecule has 0 aromatic heterocycles. The number of carbonyl (C=O) groups is 1. The number of nitrogens with zero attached hydrogens (tertiary/aromatic N) is 1. The summed E-state index contributed by atoms with van der Waals surface area (Å²) in [6, 6.07) is 68.6. The van der Waals surface area contributed by atoms with Crippen molar-refractivity contribution in [3.8, 4) is 0 Å². The maximum Gasteiger partial charge on any atom is 0.259 e. The third kappa shape index (κ3) is 9.33. The van der Waals surface area contributed by atoms with Gasteiger partial charge in [-0.1, -0.05) is 231 Å². The first-order chi connectivity index (χ1) is 31.4. The molecule has 0 spiro atoms. The fraction of sp³-hybridized carbons (Fsp3) is 0.246. The van der Waals surface area contributed by atoms with Gasteiger partial charge in [-0.15, -0.1) is 0 Å². The number of halogens is 2. The van der Waals surface area contributed by atoms with Crippen molar-refractivity contribution in [3.05, 3.63) is 249 Å². The number of hydrogen-bond acceptors (Lipinski definition) is 4. The van der Waals surface area contributed by atoms with Gasteiger partial charge in [-0.2, -0.15) is 0 Å². The zero-order valence-corrected chi connectivity index (χ0v) is 37.6. The zero-order valence-electron chi connectivity index (χ0n) is 36.1. The summed E-state index contributed by atoms with van der Waals surface area (Å²) >= 11 is 12.2. The van der Waals surface area contributed by atoms with E-state index in [1.807, 2.05) is 4.90 Å². The van der Waals surface area contributed by atoms with Gasteiger partial charge in [0.25, 0.3) is 5.91 Å². The van der Waals surface area contributed by atoms with Gasteiger partial charge < -0.3 is 19.5 Å². The lowest BCUT2D eigenvalue weighted by Gasteiger charge is -2.46. The maximum absolute atomic E-state index is 13.3. The summed E-state index contributed by atoms with van der Waals surface area (Å²) in [4.78, 5) is 15.2. The molecule has 1 aliphatic carbocycles. The van der Waals surface area contributed by atoms with Gasteiger partial charge in [0.1, 0.15) is 11.2 Å². The van der Waals surface area contributed by atoms with Crippen LogP contribution in [0.15, 0.2) is 200 Å². The number of benzene rings is 7. The van der Waals surface area contributed by atoms with Gasteiger partial charge in [-0.3, -0.25) is 4.79 Å². The van der Waals surface area contributed by atoms with Crippen LogP contribution in [0.5, 0.6) is 0 Å². The Morgan fingerprint density at radius 3 is 1.31 bits per heavy atom. The molecule has 2 fully saturated rings. The Balaban J connectivity index is 0.000000193. The van der Waals surface area contributed by atoms with Crippen molar-refractivity contribution >= 4 is 29.1 Å². The van der Waals surface area contributed by atoms with Gasteiger partial charge in [0.05, 0.1) is 16.7 Å². The second-order valence-electron chi connectivity index (χ2n) is 16.7.